The summed E-state index contributed by atoms with van der Waals surface area (Å²) in [5.74, 6) is 0. The first-order valence-electron chi connectivity index (χ1n) is 4.88. The van der Waals surface area contributed by atoms with Crippen molar-refractivity contribution in [1.82, 2.24) is 0 Å². The van der Waals surface area contributed by atoms with Gasteiger partial charge < -0.3 is 4.43 Å². The fraction of sp³-hybridized carbons (Fsp3) is 0.455. The zero-order valence-electron chi connectivity index (χ0n) is 8.76. The molecule has 1 aromatic rings. The summed E-state index contributed by atoms with van der Waals surface area (Å²) in [5.41, 5.74) is 2.80. The zero-order chi connectivity index (χ0) is 9.68. The maximum atomic E-state index is 5.64. The van der Waals surface area contributed by atoms with Gasteiger partial charge in [-0.1, -0.05) is 25.1 Å². The molecule has 0 atom stereocenters. The lowest BCUT2D eigenvalue weighted by atomic mass is 10.1. The second kappa shape index (κ2) is 5.20. The average molecular weight is 194 g/mol. The van der Waals surface area contributed by atoms with Gasteiger partial charge in [-0.3, -0.25) is 0 Å². The van der Waals surface area contributed by atoms with Gasteiger partial charge in [0.2, 0.25) is 0 Å². The minimum atomic E-state index is -0.473. The summed E-state index contributed by atoms with van der Waals surface area (Å²) in [6, 6.07) is 6.48. The van der Waals surface area contributed by atoms with Crippen LogP contribution in [-0.4, -0.2) is 16.4 Å². The van der Waals surface area contributed by atoms with Crippen LogP contribution in [0.15, 0.2) is 18.2 Å². The highest BCUT2D eigenvalue weighted by Crippen LogP contribution is 2.01. The Bertz CT molecular complexity index is 271. The van der Waals surface area contributed by atoms with Crippen molar-refractivity contribution in [3.05, 3.63) is 29.3 Å². The Morgan fingerprint density at radius 1 is 1.31 bits per heavy atom. The Kier molecular flexibility index (Phi) is 4.19. The van der Waals surface area contributed by atoms with Crippen molar-refractivity contribution in [3.63, 3.8) is 0 Å². The molecule has 0 aromatic heterocycles. The van der Waals surface area contributed by atoms with Crippen LogP contribution in [0, 0.1) is 13.8 Å². The van der Waals surface area contributed by atoms with Gasteiger partial charge in [0, 0.05) is 6.61 Å². The Morgan fingerprint density at radius 3 is 2.77 bits per heavy atom. The molecule has 0 amide bonds. The van der Waals surface area contributed by atoms with Crippen LogP contribution in [0.4, 0.5) is 0 Å². The van der Waals surface area contributed by atoms with E-state index in [0.717, 1.165) is 13.0 Å². The summed E-state index contributed by atoms with van der Waals surface area (Å²) in [7, 11) is -0.473. The third-order valence-electron chi connectivity index (χ3n) is 2.32. The molecule has 0 radical (unpaired) electrons. The fourth-order valence-electron chi connectivity index (χ4n) is 1.29. The normalized spacial score (nSPS) is 11.3. The SMILES string of the molecule is CCCO[SiH2]c1cccc(C)c1C. The number of hydrogen-bond donors (Lipinski definition) is 0. The average Bonchev–Trinajstić information content (AvgIpc) is 2.13. The van der Waals surface area contributed by atoms with Crippen LogP contribution < -0.4 is 5.19 Å². The van der Waals surface area contributed by atoms with E-state index in [1.54, 1.807) is 0 Å². The molecular formula is C11H18OSi. The van der Waals surface area contributed by atoms with Crippen LogP contribution >= 0.6 is 0 Å². The summed E-state index contributed by atoms with van der Waals surface area (Å²) in [6.45, 7) is 7.41. The van der Waals surface area contributed by atoms with Gasteiger partial charge in [-0.15, -0.1) is 0 Å². The summed E-state index contributed by atoms with van der Waals surface area (Å²) in [6.07, 6.45) is 1.12. The van der Waals surface area contributed by atoms with Crippen molar-refractivity contribution in [1.29, 1.82) is 0 Å². The second-order valence-electron chi connectivity index (χ2n) is 3.41. The molecule has 72 valence electrons. The summed E-state index contributed by atoms with van der Waals surface area (Å²) >= 11 is 0. The quantitative estimate of drug-likeness (QED) is 0.520. The molecule has 0 aliphatic heterocycles. The van der Waals surface area contributed by atoms with Crippen LogP contribution in [-0.2, 0) is 4.43 Å². The maximum absolute atomic E-state index is 5.64. The first-order chi connectivity index (χ1) is 6.25. The number of rotatable bonds is 4. The van der Waals surface area contributed by atoms with Crippen LogP contribution in [0.5, 0.6) is 0 Å². The number of hydrogen-bond acceptors (Lipinski definition) is 1. The summed E-state index contributed by atoms with van der Waals surface area (Å²) in [4.78, 5) is 0. The van der Waals surface area contributed by atoms with E-state index in [1.807, 2.05) is 0 Å². The van der Waals surface area contributed by atoms with Crippen molar-refractivity contribution in [2.45, 2.75) is 27.2 Å². The van der Waals surface area contributed by atoms with Crippen LogP contribution in [0.25, 0.3) is 0 Å². The molecule has 0 spiro atoms. The van der Waals surface area contributed by atoms with Crippen molar-refractivity contribution >= 4 is 14.9 Å². The Morgan fingerprint density at radius 2 is 2.08 bits per heavy atom. The van der Waals surface area contributed by atoms with E-state index in [1.165, 1.54) is 16.3 Å². The Labute approximate surface area is 83.1 Å². The first-order valence-corrected chi connectivity index (χ1v) is 6.17. The topological polar surface area (TPSA) is 9.23 Å². The molecule has 2 heteroatoms. The van der Waals surface area contributed by atoms with E-state index in [2.05, 4.69) is 39.0 Å². The van der Waals surface area contributed by atoms with Crippen molar-refractivity contribution in [2.24, 2.45) is 0 Å². The lowest BCUT2D eigenvalue weighted by Gasteiger charge is -2.07. The minimum absolute atomic E-state index is 0.473. The van der Waals surface area contributed by atoms with Gasteiger partial charge in [-0.25, -0.2) is 0 Å². The Balaban J connectivity index is 2.61. The second-order valence-corrected chi connectivity index (χ2v) is 4.87. The molecular weight excluding hydrogens is 176 g/mol. The summed E-state index contributed by atoms with van der Waals surface area (Å²) in [5, 5.41) is 1.45. The molecule has 0 aliphatic rings. The molecule has 0 saturated heterocycles. The smallest absolute Gasteiger partial charge is 0.192 e. The van der Waals surface area contributed by atoms with Crippen molar-refractivity contribution in [2.75, 3.05) is 6.61 Å². The van der Waals surface area contributed by atoms with Gasteiger partial charge in [-0.05, 0) is 36.6 Å². The predicted octanol–water partition coefficient (Wildman–Crippen LogP) is 1.44. The van der Waals surface area contributed by atoms with E-state index >= 15 is 0 Å². The largest absolute Gasteiger partial charge is 0.419 e. The highest BCUT2D eigenvalue weighted by atomic mass is 28.2. The van der Waals surface area contributed by atoms with E-state index in [0.29, 0.717) is 0 Å². The van der Waals surface area contributed by atoms with Crippen LogP contribution in [0.2, 0.25) is 0 Å². The first kappa shape index (κ1) is 10.5. The third-order valence-corrected chi connectivity index (χ3v) is 3.89. The molecule has 0 fully saturated rings. The minimum Gasteiger partial charge on any atom is -0.419 e. The Hall–Kier alpha value is -0.603. The highest BCUT2D eigenvalue weighted by Gasteiger charge is 2.00. The fourth-order valence-corrected chi connectivity index (χ4v) is 2.68. The molecule has 0 N–H and O–H groups in total. The van der Waals surface area contributed by atoms with E-state index < -0.39 is 9.76 Å². The molecule has 0 heterocycles. The zero-order valence-corrected chi connectivity index (χ0v) is 10.2. The van der Waals surface area contributed by atoms with Gasteiger partial charge in [0.25, 0.3) is 0 Å². The molecule has 13 heavy (non-hydrogen) atoms. The van der Waals surface area contributed by atoms with E-state index in [9.17, 15) is 0 Å². The lowest BCUT2D eigenvalue weighted by molar-refractivity contribution is 0.341. The third kappa shape index (κ3) is 2.97. The number of aryl methyl sites for hydroxylation is 1. The molecule has 0 saturated carbocycles. The number of benzene rings is 1. The summed E-state index contributed by atoms with van der Waals surface area (Å²) < 4.78 is 5.64. The van der Waals surface area contributed by atoms with Gasteiger partial charge in [0.05, 0.1) is 0 Å². The molecule has 0 unspecified atom stereocenters. The predicted molar refractivity (Wildman–Crippen MR) is 60.3 cm³/mol. The molecule has 1 rings (SSSR count). The maximum Gasteiger partial charge on any atom is 0.192 e. The van der Waals surface area contributed by atoms with Gasteiger partial charge >= 0.3 is 0 Å². The lowest BCUT2D eigenvalue weighted by Crippen LogP contribution is -2.21. The molecule has 0 aliphatic carbocycles. The van der Waals surface area contributed by atoms with Crippen molar-refractivity contribution in [3.8, 4) is 0 Å². The van der Waals surface area contributed by atoms with Crippen LogP contribution in [0.1, 0.15) is 24.5 Å². The highest BCUT2D eigenvalue weighted by molar-refractivity contribution is 6.47. The molecule has 1 nitrogen and oxygen atoms in total. The van der Waals surface area contributed by atoms with Crippen molar-refractivity contribution < 1.29 is 4.43 Å². The molecule has 1 aromatic carbocycles. The van der Waals surface area contributed by atoms with E-state index in [-0.39, 0.29) is 0 Å². The van der Waals surface area contributed by atoms with Gasteiger partial charge in [0.15, 0.2) is 9.76 Å². The molecule has 0 bridgehead atoms. The van der Waals surface area contributed by atoms with Gasteiger partial charge in [-0.2, -0.15) is 0 Å². The van der Waals surface area contributed by atoms with Crippen LogP contribution in [0.3, 0.4) is 0 Å². The standard InChI is InChI=1S/C11H18OSi/c1-4-8-12-13-11-7-5-6-9(2)10(11)3/h5-7H,4,8,13H2,1-3H3. The van der Waals surface area contributed by atoms with E-state index in [4.69, 9.17) is 4.43 Å². The monoisotopic (exact) mass is 194 g/mol. The van der Waals surface area contributed by atoms with Gasteiger partial charge in [0.1, 0.15) is 0 Å².